The fraction of sp³-hybridized carbons (Fsp3) is 0.516. The Morgan fingerprint density at radius 1 is 0.864 bits per heavy atom. The van der Waals surface area contributed by atoms with E-state index < -0.39 is 23.8 Å². The van der Waals surface area contributed by atoms with Crippen molar-refractivity contribution < 1.29 is 23.9 Å². The van der Waals surface area contributed by atoms with E-state index in [2.05, 4.69) is 30.3 Å². The zero-order valence-corrected chi connectivity index (χ0v) is 25.7. The summed E-state index contributed by atoms with van der Waals surface area (Å²) in [5.74, 6) is -0.0925. The van der Waals surface area contributed by atoms with Crippen molar-refractivity contribution in [2.45, 2.75) is 38.1 Å². The molecule has 236 valence electrons. The smallest absolute Gasteiger partial charge is 0.264 e. The van der Waals surface area contributed by atoms with Crippen LogP contribution in [0.1, 0.15) is 52.8 Å². The van der Waals surface area contributed by atoms with E-state index in [0.717, 1.165) is 100 Å². The number of imide groups is 2. The van der Waals surface area contributed by atoms with E-state index in [4.69, 9.17) is 4.74 Å². The molecule has 1 aromatic heterocycles. The highest BCUT2D eigenvalue weighted by atomic mass is 35.5. The van der Waals surface area contributed by atoms with Gasteiger partial charge in [-0.2, -0.15) is 0 Å². The van der Waals surface area contributed by atoms with Crippen molar-refractivity contribution in [3.05, 3.63) is 47.7 Å². The summed E-state index contributed by atoms with van der Waals surface area (Å²) in [5.41, 5.74) is 1.42. The van der Waals surface area contributed by atoms with Crippen molar-refractivity contribution in [1.82, 2.24) is 25.4 Å². The molecule has 1 aromatic carbocycles. The van der Waals surface area contributed by atoms with E-state index in [1.807, 2.05) is 24.4 Å². The molecule has 0 radical (unpaired) electrons. The molecule has 4 aliphatic heterocycles. The van der Waals surface area contributed by atoms with Crippen molar-refractivity contribution in [1.29, 1.82) is 0 Å². The minimum Gasteiger partial charge on any atom is -0.492 e. The molecule has 2 aromatic rings. The van der Waals surface area contributed by atoms with Crippen LogP contribution in [-0.2, 0) is 9.59 Å². The first-order valence-corrected chi connectivity index (χ1v) is 15.4. The first kappa shape index (κ1) is 31.7. The van der Waals surface area contributed by atoms with Crippen LogP contribution in [0.5, 0.6) is 5.75 Å². The lowest BCUT2D eigenvalue weighted by Gasteiger charge is -2.36. The minimum absolute atomic E-state index is 0. The minimum atomic E-state index is -0.959. The Hall–Kier alpha value is -3.74. The predicted octanol–water partition coefficient (Wildman–Crippen LogP) is 1.69. The van der Waals surface area contributed by atoms with Gasteiger partial charge in [0.15, 0.2) is 0 Å². The molecule has 3 saturated heterocycles. The topological polar surface area (TPSA) is 127 Å². The molecule has 1 unspecified atom stereocenters. The molecule has 0 spiro atoms. The number of rotatable bonds is 10. The molecular formula is C31H40ClN7O5. The molecule has 5 heterocycles. The number of fused-ring (bicyclic) bond motifs is 1. The summed E-state index contributed by atoms with van der Waals surface area (Å²) in [6.45, 7) is 8.82. The number of nitrogens with one attached hydrogen (secondary N) is 2. The molecule has 13 heteroatoms. The van der Waals surface area contributed by atoms with Gasteiger partial charge in [0, 0.05) is 58.8 Å². The van der Waals surface area contributed by atoms with Gasteiger partial charge in [-0.05, 0) is 56.5 Å². The number of hydrogen-bond donors (Lipinski definition) is 2. The Kier molecular flexibility index (Phi) is 10.3. The van der Waals surface area contributed by atoms with E-state index >= 15 is 0 Å². The third-order valence-corrected chi connectivity index (χ3v) is 8.71. The number of nitrogens with zero attached hydrogens (tertiary/aromatic N) is 5. The normalized spacial score (nSPS) is 20.8. The molecule has 1 atom stereocenters. The zero-order chi connectivity index (χ0) is 29.8. The van der Waals surface area contributed by atoms with E-state index in [-0.39, 0.29) is 31.2 Å². The largest absolute Gasteiger partial charge is 0.492 e. The van der Waals surface area contributed by atoms with Crippen LogP contribution >= 0.6 is 12.4 Å². The SMILES string of the molecule is Cl.O=C1CCC(N2C(=O)c3cccc(N4CCN(CCCCCOc5ccc(N6CCNCC6)nc5)CC4)c3C2=O)C(=O)N1. The zero-order valence-electron chi connectivity index (χ0n) is 24.8. The summed E-state index contributed by atoms with van der Waals surface area (Å²) in [6, 6.07) is 8.39. The molecule has 0 bridgehead atoms. The van der Waals surface area contributed by atoms with Crippen LogP contribution in [0.15, 0.2) is 36.5 Å². The molecule has 2 N–H and O–H groups in total. The maximum Gasteiger partial charge on any atom is 0.264 e. The van der Waals surface area contributed by atoms with Crippen molar-refractivity contribution >= 4 is 47.5 Å². The highest BCUT2D eigenvalue weighted by Crippen LogP contribution is 2.34. The van der Waals surface area contributed by atoms with E-state index in [9.17, 15) is 19.2 Å². The maximum atomic E-state index is 13.4. The molecular weight excluding hydrogens is 586 g/mol. The highest BCUT2D eigenvalue weighted by molar-refractivity contribution is 6.25. The molecule has 0 aliphatic carbocycles. The van der Waals surface area contributed by atoms with Crippen molar-refractivity contribution in [3.8, 4) is 5.75 Å². The number of piperidine rings is 1. The molecule has 4 aliphatic rings. The molecule has 3 fully saturated rings. The van der Waals surface area contributed by atoms with E-state index in [1.54, 1.807) is 12.1 Å². The molecule has 0 saturated carbocycles. The van der Waals surface area contributed by atoms with E-state index in [0.29, 0.717) is 17.7 Å². The van der Waals surface area contributed by atoms with Gasteiger partial charge in [0.1, 0.15) is 17.6 Å². The summed E-state index contributed by atoms with van der Waals surface area (Å²) in [7, 11) is 0. The number of carbonyl (C=O) groups excluding carboxylic acids is 4. The number of pyridine rings is 1. The van der Waals surface area contributed by atoms with Gasteiger partial charge in [0.05, 0.1) is 29.6 Å². The predicted molar refractivity (Wildman–Crippen MR) is 168 cm³/mol. The van der Waals surface area contributed by atoms with Gasteiger partial charge in [-0.3, -0.25) is 34.3 Å². The highest BCUT2D eigenvalue weighted by Gasteiger charge is 2.46. The summed E-state index contributed by atoms with van der Waals surface area (Å²) in [4.78, 5) is 63.1. The lowest BCUT2D eigenvalue weighted by atomic mass is 10.0. The third kappa shape index (κ3) is 6.82. The van der Waals surface area contributed by atoms with Crippen LogP contribution in [0.2, 0.25) is 0 Å². The summed E-state index contributed by atoms with van der Waals surface area (Å²) < 4.78 is 5.91. The van der Waals surface area contributed by atoms with Gasteiger partial charge in [0.25, 0.3) is 11.8 Å². The van der Waals surface area contributed by atoms with Gasteiger partial charge < -0.3 is 19.9 Å². The Morgan fingerprint density at radius 2 is 1.66 bits per heavy atom. The first-order chi connectivity index (χ1) is 21.0. The Balaban J connectivity index is 0.00000384. The first-order valence-electron chi connectivity index (χ1n) is 15.4. The Morgan fingerprint density at radius 3 is 2.39 bits per heavy atom. The van der Waals surface area contributed by atoms with Crippen molar-refractivity contribution in [2.75, 3.05) is 75.3 Å². The van der Waals surface area contributed by atoms with Crippen molar-refractivity contribution in [2.24, 2.45) is 0 Å². The van der Waals surface area contributed by atoms with Crippen LogP contribution < -0.4 is 25.2 Å². The van der Waals surface area contributed by atoms with Crippen LogP contribution in [-0.4, -0.2) is 110 Å². The van der Waals surface area contributed by atoms with Crippen LogP contribution in [0.3, 0.4) is 0 Å². The lowest BCUT2D eigenvalue weighted by Crippen LogP contribution is -2.54. The number of amides is 4. The maximum absolute atomic E-state index is 13.4. The fourth-order valence-electron chi connectivity index (χ4n) is 6.32. The number of anilines is 2. The average molecular weight is 626 g/mol. The average Bonchev–Trinajstić information content (AvgIpc) is 3.29. The van der Waals surface area contributed by atoms with Crippen LogP contribution in [0, 0.1) is 0 Å². The number of halogens is 1. The number of piperazine rings is 2. The van der Waals surface area contributed by atoms with Crippen LogP contribution in [0.4, 0.5) is 11.5 Å². The number of hydrogen-bond acceptors (Lipinski definition) is 10. The van der Waals surface area contributed by atoms with E-state index in [1.165, 1.54) is 0 Å². The standard InChI is InChI=1S/C31H39N7O5.ClH/c39-27-10-8-25(29(40)34-27)38-30(41)23-5-4-6-24(28(23)31(38)42)36-18-16-35(17-19-36)13-2-1-3-20-43-22-7-9-26(33-21-22)37-14-11-32-12-15-37;/h4-7,9,21,25,32H,1-3,8,10-20H2,(H,34,39,40);1H. The number of carbonyl (C=O) groups is 4. The van der Waals surface area contributed by atoms with Crippen molar-refractivity contribution in [3.63, 3.8) is 0 Å². The second kappa shape index (κ2) is 14.4. The van der Waals surface area contributed by atoms with Gasteiger partial charge >= 0.3 is 0 Å². The monoisotopic (exact) mass is 625 g/mol. The Bertz CT molecular complexity index is 1360. The second-order valence-corrected chi connectivity index (χ2v) is 11.5. The summed E-state index contributed by atoms with van der Waals surface area (Å²) >= 11 is 0. The summed E-state index contributed by atoms with van der Waals surface area (Å²) in [5, 5.41) is 5.61. The number of ether oxygens (including phenoxy) is 1. The van der Waals surface area contributed by atoms with Gasteiger partial charge in [0.2, 0.25) is 11.8 Å². The third-order valence-electron chi connectivity index (χ3n) is 8.71. The molecule has 12 nitrogen and oxygen atoms in total. The second-order valence-electron chi connectivity index (χ2n) is 11.5. The lowest BCUT2D eigenvalue weighted by molar-refractivity contribution is -0.136. The number of benzene rings is 1. The fourth-order valence-corrected chi connectivity index (χ4v) is 6.32. The Labute approximate surface area is 263 Å². The molecule has 4 amide bonds. The quantitative estimate of drug-likeness (QED) is 0.297. The number of aromatic nitrogens is 1. The van der Waals surface area contributed by atoms with Gasteiger partial charge in [-0.1, -0.05) is 6.07 Å². The van der Waals surface area contributed by atoms with Crippen LogP contribution in [0.25, 0.3) is 0 Å². The summed E-state index contributed by atoms with van der Waals surface area (Å²) in [6.07, 6.45) is 5.21. The number of unbranched alkanes of at least 4 members (excludes halogenated alkanes) is 2. The molecule has 6 rings (SSSR count). The molecule has 44 heavy (non-hydrogen) atoms. The van der Waals surface area contributed by atoms with Gasteiger partial charge in [-0.15, -0.1) is 12.4 Å². The van der Waals surface area contributed by atoms with Gasteiger partial charge in [-0.25, -0.2) is 4.98 Å².